The Kier molecular flexibility index (Phi) is 10.4. The molecule has 1 aromatic rings. The fourth-order valence-corrected chi connectivity index (χ4v) is 4.44. The van der Waals surface area contributed by atoms with E-state index in [-0.39, 0.29) is 54.9 Å². The molecule has 2 aliphatic rings. The summed E-state index contributed by atoms with van der Waals surface area (Å²) in [7, 11) is 0. The first-order valence-corrected chi connectivity index (χ1v) is 11.2. The maximum atomic E-state index is 12.9. The van der Waals surface area contributed by atoms with Gasteiger partial charge < -0.3 is 15.4 Å². The average molecular weight is 553 g/mol. The van der Waals surface area contributed by atoms with Gasteiger partial charge in [-0.2, -0.15) is 13.2 Å². The molecule has 4 nitrogen and oxygen atoms in total. The molecule has 8 heteroatoms. The number of hydrogen-bond donors (Lipinski definition) is 2. The van der Waals surface area contributed by atoms with Crippen LogP contribution in [0.2, 0.25) is 0 Å². The lowest BCUT2D eigenvalue weighted by atomic mass is 9.85. The highest BCUT2D eigenvalue weighted by molar-refractivity contribution is 14.0. The van der Waals surface area contributed by atoms with Crippen molar-refractivity contribution in [1.82, 2.24) is 10.6 Å². The largest absolute Gasteiger partial charge is 0.391 e. The molecule has 176 valence electrons. The van der Waals surface area contributed by atoms with Gasteiger partial charge in [-0.1, -0.05) is 29.8 Å². The van der Waals surface area contributed by atoms with E-state index in [1.807, 2.05) is 6.92 Å². The summed E-state index contributed by atoms with van der Waals surface area (Å²) in [5.74, 6) is -0.177. The van der Waals surface area contributed by atoms with E-state index in [2.05, 4.69) is 41.8 Å². The molecule has 1 aliphatic heterocycles. The second kappa shape index (κ2) is 12.3. The Bertz CT molecular complexity index is 688. The summed E-state index contributed by atoms with van der Waals surface area (Å²) in [4.78, 5) is 4.78. The standard InChI is InChI=1S/C23H34F3N3O.HI/c1-3-27-22(29-20-12-10-19(11-13-20)23(24,25)26)28-15-18-5-4-14-30-21(18)17-8-6-16(2)7-9-17;/h6-9,18-21H,3-5,10-15H2,1-2H3,(H2,27,28,29);1H. The molecule has 2 unspecified atom stereocenters. The van der Waals surface area contributed by atoms with Gasteiger partial charge in [0.1, 0.15) is 0 Å². The molecule has 1 saturated heterocycles. The number of nitrogens with one attached hydrogen (secondary N) is 2. The smallest absolute Gasteiger partial charge is 0.373 e. The van der Waals surface area contributed by atoms with Crippen LogP contribution in [-0.2, 0) is 4.74 Å². The van der Waals surface area contributed by atoms with Crippen molar-refractivity contribution in [3.63, 3.8) is 0 Å². The van der Waals surface area contributed by atoms with Crippen LogP contribution in [-0.4, -0.2) is 37.9 Å². The van der Waals surface area contributed by atoms with Crippen molar-refractivity contribution in [3.8, 4) is 0 Å². The summed E-state index contributed by atoms with van der Waals surface area (Å²) < 4.78 is 44.8. The van der Waals surface area contributed by atoms with E-state index in [1.165, 1.54) is 11.1 Å². The molecule has 31 heavy (non-hydrogen) atoms. The maximum absolute atomic E-state index is 12.9. The van der Waals surface area contributed by atoms with Crippen LogP contribution in [0.15, 0.2) is 29.3 Å². The van der Waals surface area contributed by atoms with Gasteiger partial charge in [0.2, 0.25) is 0 Å². The van der Waals surface area contributed by atoms with Crippen LogP contribution >= 0.6 is 24.0 Å². The van der Waals surface area contributed by atoms with Gasteiger partial charge in [0.25, 0.3) is 0 Å². The van der Waals surface area contributed by atoms with Crippen LogP contribution in [0.3, 0.4) is 0 Å². The molecular weight excluding hydrogens is 518 g/mol. The number of halogens is 4. The average Bonchev–Trinajstić information content (AvgIpc) is 2.73. The fourth-order valence-electron chi connectivity index (χ4n) is 4.44. The lowest BCUT2D eigenvalue weighted by Crippen LogP contribution is -2.46. The van der Waals surface area contributed by atoms with Crippen LogP contribution in [0.4, 0.5) is 13.2 Å². The number of alkyl halides is 3. The number of aliphatic imine (C=N–C) groups is 1. The van der Waals surface area contributed by atoms with Crippen molar-refractivity contribution >= 4 is 29.9 Å². The van der Waals surface area contributed by atoms with E-state index in [9.17, 15) is 13.2 Å². The molecule has 0 radical (unpaired) electrons. The van der Waals surface area contributed by atoms with E-state index in [0.29, 0.717) is 31.9 Å². The molecule has 0 aromatic heterocycles. The first-order valence-electron chi connectivity index (χ1n) is 11.2. The SMILES string of the molecule is CCNC(=NCC1CCCOC1c1ccc(C)cc1)NC1CCC(C(F)(F)F)CC1.I. The third-order valence-electron chi connectivity index (χ3n) is 6.21. The summed E-state index contributed by atoms with van der Waals surface area (Å²) in [5.41, 5.74) is 2.41. The Hall–Kier alpha value is -1.03. The van der Waals surface area contributed by atoms with Crippen molar-refractivity contribution in [1.29, 1.82) is 0 Å². The molecule has 1 heterocycles. The van der Waals surface area contributed by atoms with Gasteiger partial charge in [0, 0.05) is 31.7 Å². The van der Waals surface area contributed by atoms with Gasteiger partial charge in [-0.3, -0.25) is 4.99 Å². The van der Waals surface area contributed by atoms with Crippen LogP contribution < -0.4 is 10.6 Å². The second-order valence-electron chi connectivity index (χ2n) is 8.56. The van der Waals surface area contributed by atoms with Gasteiger partial charge in [0.15, 0.2) is 5.96 Å². The Labute approximate surface area is 200 Å². The fraction of sp³-hybridized carbons (Fsp3) is 0.696. The Morgan fingerprint density at radius 1 is 1.10 bits per heavy atom. The summed E-state index contributed by atoms with van der Waals surface area (Å²) in [6.45, 7) is 6.18. The minimum Gasteiger partial charge on any atom is -0.373 e. The predicted octanol–water partition coefficient (Wildman–Crippen LogP) is 5.76. The Balaban J connectivity index is 0.00000341. The number of nitrogens with zero attached hydrogens (tertiary/aromatic N) is 1. The molecule has 0 spiro atoms. The number of ether oxygens (including phenoxy) is 1. The van der Waals surface area contributed by atoms with E-state index in [4.69, 9.17) is 9.73 Å². The van der Waals surface area contributed by atoms with Crippen molar-refractivity contribution in [3.05, 3.63) is 35.4 Å². The first-order chi connectivity index (χ1) is 14.4. The van der Waals surface area contributed by atoms with E-state index in [0.717, 1.165) is 19.4 Å². The van der Waals surface area contributed by atoms with E-state index >= 15 is 0 Å². The highest BCUT2D eigenvalue weighted by atomic mass is 127. The monoisotopic (exact) mass is 553 g/mol. The lowest BCUT2D eigenvalue weighted by molar-refractivity contribution is -0.182. The molecule has 0 amide bonds. The first kappa shape index (κ1) is 26.2. The second-order valence-corrected chi connectivity index (χ2v) is 8.56. The van der Waals surface area contributed by atoms with Crippen LogP contribution in [0.1, 0.15) is 62.7 Å². The Morgan fingerprint density at radius 3 is 2.39 bits per heavy atom. The zero-order valence-corrected chi connectivity index (χ0v) is 20.7. The molecule has 2 N–H and O–H groups in total. The summed E-state index contributed by atoms with van der Waals surface area (Å²) in [6.07, 6.45) is -0.547. The van der Waals surface area contributed by atoms with Crippen molar-refractivity contribution in [2.45, 2.75) is 70.7 Å². The molecule has 1 saturated carbocycles. The van der Waals surface area contributed by atoms with Gasteiger partial charge >= 0.3 is 6.18 Å². The lowest BCUT2D eigenvalue weighted by Gasteiger charge is -2.32. The van der Waals surface area contributed by atoms with Crippen LogP contribution in [0.5, 0.6) is 0 Å². The summed E-state index contributed by atoms with van der Waals surface area (Å²) in [5, 5.41) is 6.61. The molecule has 2 fully saturated rings. The third kappa shape index (κ3) is 7.80. The zero-order chi connectivity index (χ0) is 21.6. The number of aryl methyl sites for hydroxylation is 1. The minimum absolute atomic E-state index is 0. The number of rotatable bonds is 5. The summed E-state index contributed by atoms with van der Waals surface area (Å²) in [6, 6.07) is 8.51. The number of hydrogen-bond acceptors (Lipinski definition) is 2. The highest BCUT2D eigenvalue weighted by Crippen LogP contribution is 2.37. The highest BCUT2D eigenvalue weighted by Gasteiger charge is 2.41. The third-order valence-corrected chi connectivity index (χ3v) is 6.21. The summed E-state index contributed by atoms with van der Waals surface area (Å²) >= 11 is 0. The molecule has 3 rings (SSSR count). The van der Waals surface area contributed by atoms with E-state index < -0.39 is 12.1 Å². The minimum atomic E-state index is -4.07. The normalized spacial score (nSPS) is 27.3. The number of guanidine groups is 1. The van der Waals surface area contributed by atoms with Crippen LogP contribution in [0, 0.1) is 18.8 Å². The molecule has 2 atom stereocenters. The van der Waals surface area contributed by atoms with Gasteiger partial charge in [-0.25, -0.2) is 0 Å². The predicted molar refractivity (Wildman–Crippen MR) is 129 cm³/mol. The molecule has 1 aliphatic carbocycles. The molecular formula is C23H35F3IN3O. The topological polar surface area (TPSA) is 45.7 Å². The van der Waals surface area contributed by atoms with E-state index in [1.54, 1.807) is 0 Å². The quantitative estimate of drug-likeness (QED) is 0.277. The number of benzene rings is 1. The van der Waals surface area contributed by atoms with Crippen molar-refractivity contribution in [2.24, 2.45) is 16.8 Å². The van der Waals surface area contributed by atoms with Crippen molar-refractivity contribution < 1.29 is 17.9 Å². The maximum Gasteiger partial charge on any atom is 0.391 e. The van der Waals surface area contributed by atoms with Gasteiger partial charge in [-0.05, 0) is 57.9 Å². The zero-order valence-electron chi connectivity index (χ0n) is 18.4. The van der Waals surface area contributed by atoms with Crippen molar-refractivity contribution in [2.75, 3.05) is 19.7 Å². The van der Waals surface area contributed by atoms with Crippen LogP contribution in [0.25, 0.3) is 0 Å². The Morgan fingerprint density at radius 2 is 1.77 bits per heavy atom. The molecule has 0 bridgehead atoms. The van der Waals surface area contributed by atoms with Gasteiger partial charge in [-0.15, -0.1) is 24.0 Å². The molecule has 1 aromatic carbocycles. The van der Waals surface area contributed by atoms with Gasteiger partial charge in [0.05, 0.1) is 12.0 Å².